The van der Waals surface area contributed by atoms with Gasteiger partial charge in [0.05, 0.1) is 7.11 Å². The van der Waals surface area contributed by atoms with Gasteiger partial charge in [-0.05, 0) is 50.1 Å². The van der Waals surface area contributed by atoms with Crippen molar-refractivity contribution in [3.8, 4) is 17.2 Å². The quantitative estimate of drug-likeness (QED) is 0.780. The van der Waals surface area contributed by atoms with Crippen molar-refractivity contribution in [1.82, 2.24) is 4.31 Å². The average molecular weight is 432 g/mol. The fourth-order valence-electron chi connectivity index (χ4n) is 3.75. The second kappa shape index (κ2) is 8.16. The normalized spacial score (nSPS) is 18.8. The number of hydrogen-bond donors (Lipinski definition) is 1. The summed E-state index contributed by atoms with van der Waals surface area (Å²) in [6.45, 7) is 2.50. The molecule has 9 heteroatoms. The lowest BCUT2D eigenvalue weighted by Crippen LogP contribution is -2.42. The number of amides is 1. The molecule has 1 atom stereocenters. The van der Waals surface area contributed by atoms with E-state index in [9.17, 15) is 13.2 Å². The number of hydrogen-bond acceptors (Lipinski definition) is 6. The number of nitrogens with one attached hydrogen (secondary N) is 1. The first-order valence-corrected chi connectivity index (χ1v) is 11.2. The Bertz CT molecular complexity index is 1070. The highest BCUT2D eigenvalue weighted by molar-refractivity contribution is 7.89. The minimum absolute atomic E-state index is 0.00270. The van der Waals surface area contributed by atoms with Gasteiger partial charge in [0.2, 0.25) is 16.8 Å². The highest BCUT2D eigenvalue weighted by Gasteiger charge is 2.33. The van der Waals surface area contributed by atoms with Gasteiger partial charge in [0, 0.05) is 29.9 Å². The summed E-state index contributed by atoms with van der Waals surface area (Å²) in [6, 6.07) is 9.39. The molecule has 0 aromatic heterocycles. The maximum Gasteiger partial charge on any atom is 0.255 e. The maximum atomic E-state index is 13.3. The Labute approximate surface area is 175 Å². The number of nitrogens with zero attached hydrogens (tertiary/aromatic N) is 1. The summed E-state index contributed by atoms with van der Waals surface area (Å²) >= 11 is 0. The van der Waals surface area contributed by atoms with Crippen LogP contribution in [0.5, 0.6) is 17.2 Å². The lowest BCUT2D eigenvalue weighted by atomic mass is 10.1. The van der Waals surface area contributed by atoms with E-state index >= 15 is 0 Å². The molecule has 2 aromatic carbocycles. The van der Waals surface area contributed by atoms with E-state index in [4.69, 9.17) is 14.2 Å². The summed E-state index contributed by atoms with van der Waals surface area (Å²) in [5, 5.41) is 2.77. The molecular formula is C21H24N2O6S. The largest absolute Gasteiger partial charge is 0.495 e. The minimum atomic E-state index is -3.80. The van der Waals surface area contributed by atoms with Crippen LogP contribution in [0.3, 0.4) is 0 Å². The summed E-state index contributed by atoms with van der Waals surface area (Å²) in [5.41, 5.74) is 0.742. The van der Waals surface area contributed by atoms with Crippen molar-refractivity contribution in [3.63, 3.8) is 0 Å². The van der Waals surface area contributed by atoms with E-state index in [0.717, 1.165) is 19.3 Å². The monoisotopic (exact) mass is 432 g/mol. The molecule has 8 nitrogen and oxygen atoms in total. The van der Waals surface area contributed by atoms with Gasteiger partial charge in [0.25, 0.3) is 5.91 Å². The standard InChI is InChI=1S/C21H24N2O6S/c1-14-5-3-4-10-23(14)30(25,26)20-11-15(6-8-18(20)27-2)21(24)22-16-7-9-17-19(12-16)29-13-28-17/h6-9,11-12,14H,3-5,10,13H2,1-2H3,(H,22,24)/t14-/m0/s1. The molecule has 0 radical (unpaired) electrons. The van der Waals surface area contributed by atoms with Crippen LogP contribution < -0.4 is 19.5 Å². The van der Waals surface area contributed by atoms with Crippen molar-refractivity contribution in [2.45, 2.75) is 37.1 Å². The number of rotatable bonds is 5. The number of piperidine rings is 1. The molecule has 2 aromatic rings. The zero-order valence-corrected chi connectivity index (χ0v) is 17.7. The minimum Gasteiger partial charge on any atom is -0.495 e. The summed E-state index contributed by atoms with van der Waals surface area (Å²) in [7, 11) is -2.38. The first kappa shape index (κ1) is 20.5. The second-order valence-electron chi connectivity index (χ2n) is 7.35. The molecule has 0 spiro atoms. The highest BCUT2D eigenvalue weighted by atomic mass is 32.2. The molecule has 2 heterocycles. The van der Waals surface area contributed by atoms with Gasteiger partial charge in [-0.2, -0.15) is 4.31 Å². The van der Waals surface area contributed by atoms with E-state index < -0.39 is 15.9 Å². The number of carbonyl (C=O) groups excluding carboxylic acids is 1. The molecule has 0 bridgehead atoms. The molecule has 1 amide bonds. The van der Waals surface area contributed by atoms with Crippen LogP contribution in [-0.4, -0.2) is 45.1 Å². The maximum absolute atomic E-state index is 13.3. The summed E-state index contributed by atoms with van der Waals surface area (Å²) < 4.78 is 44.0. The molecule has 1 N–H and O–H groups in total. The smallest absolute Gasteiger partial charge is 0.255 e. The van der Waals surface area contributed by atoms with Crippen LogP contribution in [0.25, 0.3) is 0 Å². The van der Waals surface area contributed by atoms with Crippen LogP contribution in [0, 0.1) is 0 Å². The summed E-state index contributed by atoms with van der Waals surface area (Å²) in [4.78, 5) is 12.8. The molecule has 160 valence electrons. The molecule has 2 aliphatic heterocycles. The van der Waals surface area contributed by atoms with Gasteiger partial charge in [0.1, 0.15) is 10.6 Å². The SMILES string of the molecule is COc1ccc(C(=O)Nc2ccc3c(c2)OCO3)cc1S(=O)(=O)N1CCCC[C@@H]1C. The Balaban J connectivity index is 1.63. The van der Waals surface area contributed by atoms with Crippen molar-refractivity contribution in [3.05, 3.63) is 42.0 Å². The molecule has 4 rings (SSSR count). The average Bonchev–Trinajstić information content (AvgIpc) is 3.21. The zero-order chi connectivity index (χ0) is 21.3. The third kappa shape index (κ3) is 3.82. The van der Waals surface area contributed by atoms with E-state index in [-0.39, 0.29) is 29.0 Å². The van der Waals surface area contributed by atoms with Crippen LogP contribution in [0.2, 0.25) is 0 Å². The Morgan fingerprint density at radius 3 is 2.70 bits per heavy atom. The lowest BCUT2D eigenvalue weighted by molar-refractivity contribution is 0.102. The molecule has 0 unspecified atom stereocenters. The molecule has 0 saturated carbocycles. The molecule has 2 aliphatic rings. The molecule has 1 saturated heterocycles. The van der Waals surface area contributed by atoms with Crippen LogP contribution >= 0.6 is 0 Å². The predicted octanol–water partition coefficient (Wildman–Crippen LogP) is 3.24. The molecular weight excluding hydrogens is 408 g/mol. The Morgan fingerprint density at radius 2 is 1.93 bits per heavy atom. The fourth-order valence-corrected chi connectivity index (χ4v) is 5.64. The van der Waals surface area contributed by atoms with Gasteiger partial charge in [-0.25, -0.2) is 8.42 Å². The predicted molar refractivity (Wildman–Crippen MR) is 111 cm³/mol. The molecule has 0 aliphatic carbocycles. The van der Waals surface area contributed by atoms with Crippen molar-refractivity contribution < 1.29 is 27.4 Å². The van der Waals surface area contributed by atoms with E-state index in [1.165, 1.54) is 23.5 Å². The van der Waals surface area contributed by atoms with Gasteiger partial charge < -0.3 is 19.5 Å². The number of anilines is 1. The number of fused-ring (bicyclic) bond motifs is 1. The van der Waals surface area contributed by atoms with Crippen LogP contribution in [-0.2, 0) is 10.0 Å². The Morgan fingerprint density at radius 1 is 1.13 bits per heavy atom. The number of benzene rings is 2. The van der Waals surface area contributed by atoms with E-state index in [1.807, 2.05) is 6.92 Å². The van der Waals surface area contributed by atoms with Crippen LogP contribution in [0.4, 0.5) is 5.69 Å². The second-order valence-corrected chi connectivity index (χ2v) is 9.21. The number of sulfonamides is 1. The van der Waals surface area contributed by atoms with Crippen molar-refractivity contribution in [2.75, 3.05) is 25.8 Å². The molecule has 30 heavy (non-hydrogen) atoms. The number of methoxy groups -OCH3 is 1. The van der Waals surface area contributed by atoms with E-state index in [1.54, 1.807) is 24.3 Å². The summed E-state index contributed by atoms with van der Waals surface area (Å²) in [5.74, 6) is 0.943. The van der Waals surface area contributed by atoms with E-state index in [0.29, 0.717) is 23.7 Å². The first-order chi connectivity index (χ1) is 14.4. The number of carbonyl (C=O) groups is 1. The third-order valence-electron chi connectivity index (χ3n) is 5.38. The first-order valence-electron chi connectivity index (χ1n) is 9.81. The van der Waals surface area contributed by atoms with Gasteiger partial charge in [-0.3, -0.25) is 4.79 Å². The van der Waals surface area contributed by atoms with Crippen molar-refractivity contribution >= 4 is 21.6 Å². The highest BCUT2D eigenvalue weighted by Crippen LogP contribution is 2.35. The number of ether oxygens (including phenoxy) is 3. The zero-order valence-electron chi connectivity index (χ0n) is 16.9. The Hall–Kier alpha value is -2.78. The third-order valence-corrected chi connectivity index (χ3v) is 7.42. The van der Waals surface area contributed by atoms with Gasteiger partial charge in [-0.1, -0.05) is 6.42 Å². The molecule has 1 fully saturated rings. The van der Waals surface area contributed by atoms with Gasteiger partial charge >= 0.3 is 0 Å². The van der Waals surface area contributed by atoms with Crippen LogP contribution in [0.1, 0.15) is 36.5 Å². The lowest BCUT2D eigenvalue weighted by Gasteiger charge is -2.32. The Kier molecular flexibility index (Phi) is 5.57. The van der Waals surface area contributed by atoms with Crippen molar-refractivity contribution in [1.29, 1.82) is 0 Å². The summed E-state index contributed by atoms with van der Waals surface area (Å²) in [6.07, 6.45) is 2.63. The van der Waals surface area contributed by atoms with Crippen molar-refractivity contribution in [2.24, 2.45) is 0 Å². The van der Waals surface area contributed by atoms with Gasteiger partial charge in [-0.15, -0.1) is 0 Å². The topological polar surface area (TPSA) is 94.2 Å². The fraction of sp³-hybridized carbons (Fsp3) is 0.381. The van der Waals surface area contributed by atoms with Crippen LogP contribution in [0.15, 0.2) is 41.3 Å². The van der Waals surface area contributed by atoms with Gasteiger partial charge in [0.15, 0.2) is 11.5 Å². The van der Waals surface area contributed by atoms with E-state index in [2.05, 4.69) is 5.32 Å².